The monoisotopic (exact) mass is 152 g/mol. The topological polar surface area (TPSA) is 57.5 Å². The van der Waals surface area contributed by atoms with Crippen molar-refractivity contribution in [2.24, 2.45) is 0 Å². The van der Waals surface area contributed by atoms with Crippen molar-refractivity contribution >= 4 is 6.29 Å². The zero-order valence-corrected chi connectivity index (χ0v) is 5.82. The molecule has 0 saturated carbocycles. The second-order valence-corrected chi connectivity index (χ2v) is 2.18. The molecule has 0 amide bonds. The molecule has 0 aliphatic heterocycles. The summed E-state index contributed by atoms with van der Waals surface area (Å²) >= 11 is 0. The summed E-state index contributed by atoms with van der Waals surface area (Å²) < 4.78 is 0. The minimum absolute atomic E-state index is 0.00264. The molecule has 58 valence electrons. The molecular weight excluding hydrogens is 144 g/mol. The fourth-order valence-corrected chi connectivity index (χ4v) is 0.815. The van der Waals surface area contributed by atoms with Crippen molar-refractivity contribution < 1.29 is 15.0 Å². The van der Waals surface area contributed by atoms with Gasteiger partial charge in [0, 0.05) is 18.1 Å². The lowest BCUT2D eigenvalue weighted by atomic mass is 10.1. The molecule has 0 aliphatic rings. The number of benzene rings is 1. The van der Waals surface area contributed by atoms with Crippen LogP contribution in [0.15, 0.2) is 18.2 Å². The molecule has 0 fully saturated rings. The van der Waals surface area contributed by atoms with E-state index >= 15 is 0 Å². The molecule has 0 heterocycles. The smallest absolute Gasteiger partial charge is 0.124 e. The highest BCUT2D eigenvalue weighted by molar-refractivity contribution is 5.58. The second kappa shape index (κ2) is 3.05. The fraction of sp³-hybridized carbons (Fsp3) is 0.125. The standard InChI is InChI=1S/C8H8O3/c9-4-3-6-1-2-7(10)5-8(6)11/h1-2,4-5,10-11H,3H2. The van der Waals surface area contributed by atoms with Crippen LogP contribution in [0.5, 0.6) is 11.5 Å². The number of carbonyl (C=O) groups excluding carboxylic acids is 1. The van der Waals surface area contributed by atoms with E-state index in [1.54, 1.807) is 0 Å². The maximum Gasteiger partial charge on any atom is 0.124 e. The van der Waals surface area contributed by atoms with E-state index in [4.69, 9.17) is 10.2 Å². The van der Waals surface area contributed by atoms with Gasteiger partial charge in [0.1, 0.15) is 17.8 Å². The van der Waals surface area contributed by atoms with E-state index in [0.717, 1.165) is 0 Å². The number of phenolic OH excluding ortho intramolecular Hbond substituents is 2. The van der Waals surface area contributed by atoms with Crippen molar-refractivity contribution in [1.29, 1.82) is 0 Å². The lowest BCUT2D eigenvalue weighted by Gasteiger charge is -1.99. The van der Waals surface area contributed by atoms with E-state index in [-0.39, 0.29) is 17.9 Å². The Morgan fingerprint density at radius 3 is 2.64 bits per heavy atom. The maximum absolute atomic E-state index is 10.0. The highest BCUT2D eigenvalue weighted by Gasteiger charge is 1.99. The summed E-state index contributed by atoms with van der Waals surface area (Å²) in [6, 6.07) is 4.15. The van der Waals surface area contributed by atoms with E-state index in [0.29, 0.717) is 11.8 Å². The third kappa shape index (κ3) is 1.70. The highest BCUT2D eigenvalue weighted by Crippen LogP contribution is 2.21. The third-order valence-corrected chi connectivity index (χ3v) is 1.37. The Morgan fingerprint density at radius 1 is 1.36 bits per heavy atom. The van der Waals surface area contributed by atoms with Crippen molar-refractivity contribution in [2.45, 2.75) is 6.42 Å². The summed E-state index contributed by atoms with van der Waals surface area (Å²) in [5.74, 6) is -0.0470. The average Bonchev–Trinajstić information content (AvgIpc) is 1.95. The molecule has 3 heteroatoms. The van der Waals surface area contributed by atoms with Gasteiger partial charge in [-0.3, -0.25) is 0 Å². The van der Waals surface area contributed by atoms with Crippen LogP contribution in [0.2, 0.25) is 0 Å². The predicted octanol–water partition coefficient (Wildman–Crippen LogP) is 0.839. The Hall–Kier alpha value is -1.51. The normalized spacial score (nSPS) is 9.45. The first kappa shape index (κ1) is 7.60. The molecule has 0 aliphatic carbocycles. The third-order valence-electron chi connectivity index (χ3n) is 1.37. The van der Waals surface area contributed by atoms with E-state index in [1.165, 1.54) is 18.2 Å². The molecule has 0 unspecified atom stereocenters. The molecule has 0 radical (unpaired) electrons. The SMILES string of the molecule is O=CCc1ccc(O)cc1O. The molecule has 1 rings (SSSR count). The molecule has 0 spiro atoms. The lowest BCUT2D eigenvalue weighted by Crippen LogP contribution is -1.85. The minimum Gasteiger partial charge on any atom is -0.508 e. The Balaban J connectivity index is 2.98. The van der Waals surface area contributed by atoms with Gasteiger partial charge in [0.2, 0.25) is 0 Å². The van der Waals surface area contributed by atoms with Crippen LogP contribution in [0.25, 0.3) is 0 Å². The predicted molar refractivity (Wildman–Crippen MR) is 39.5 cm³/mol. The number of rotatable bonds is 2. The Labute approximate surface area is 63.9 Å². The number of carbonyl (C=O) groups is 1. The minimum atomic E-state index is -0.0444. The van der Waals surface area contributed by atoms with Crippen molar-refractivity contribution in [3.05, 3.63) is 23.8 Å². The van der Waals surface area contributed by atoms with Gasteiger partial charge in [-0.1, -0.05) is 6.07 Å². The Morgan fingerprint density at radius 2 is 2.09 bits per heavy atom. The molecule has 0 bridgehead atoms. The fourth-order valence-electron chi connectivity index (χ4n) is 0.815. The van der Waals surface area contributed by atoms with Gasteiger partial charge in [-0.05, 0) is 6.07 Å². The average molecular weight is 152 g/mol. The zero-order chi connectivity index (χ0) is 8.27. The molecule has 3 nitrogen and oxygen atoms in total. The van der Waals surface area contributed by atoms with Gasteiger partial charge in [0.25, 0.3) is 0 Å². The molecule has 1 aromatic rings. The van der Waals surface area contributed by atoms with E-state index in [2.05, 4.69) is 0 Å². The van der Waals surface area contributed by atoms with Crippen molar-refractivity contribution in [3.8, 4) is 11.5 Å². The quantitative estimate of drug-likeness (QED) is 0.617. The molecule has 1 aromatic carbocycles. The number of hydrogen-bond donors (Lipinski definition) is 2. The summed E-state index contributed by atoms with van der Waals surface area (Å²) in [5, 5.41) is 18.0. The van der Waals surface area contributed by atoms with Crippen LogP contribution < -0.4 is 0 Å². The lowest BCUT2D eigenvalue weighted by molar-refractivity contribution is -0.107. The summed E-state index contributed by atoms with van der Waals surface area (Å²) in [6.45, 7) is 0. The molecule has 0 saturated heterocycles. The van der Waals surface area contributed by atoms with Crippen LogP contribution in [-0.4, -0.2) is 16.5 Å². The molecule has 2 N–H and O–H groups in total. The van der Waals surface area contributed by atoms with Crippen LogP contribution in [0, 0.1) is 0 Å². The zero-order valence-electron chi connectivity index (χ0n) is 5.82. The van der Waals surface area contributed by atoms with Gasteiger partial charge in [-0.15, -0.1) is 0 Å². The van der Waals surface area contributed by atoms with Crippen LogP contribution in [0.3, 0.4) is 0 Å². The molecule has 11 heavy (non-hydrogen) atoms. The summed E-state index contributed by atoms with van der Waals surface area (Å²) in [6.07, 6.45) is 0.873. The van der Waals surface area contributed by atoms with Crippen LogP contribution in [-0.2, 0) is 11.2 Å². The van der Waals surface area contributed by atoms with Crippen molar-refractivity contribution in [2.75, 3.05) is 0 Å². The van der Waals surface area contributed by atoms with E-state index < -0.39 is 0 Å². The maximum atomic E-state index is 10.0. The second-order valence-electron chi connectivity index (χ2n) is 2.18. The van der Waals surface area contributed by atoms with E-state index in [9.17, 15) is 4.79 Å². The number of aromatic hydroxyl groups is 2. The van der Waals surface area contributed by atoms with Gasteiger partial charge >= 0.3 is 0 Å². The van der Waals surface area contributed by atoms with Crippen LogP contribution in [0.4, 0.5) is 0 Å². The van der Waals surface area contributed by atoms with Crippen molar-refractivity contribution in [3.63, 3.8) is 0 Å². The number of aldehydes is 1. The van der Waals surface area contributed by atoms with Gasteiger partial charge in [0.15, 0.2) is 0 Å². The van der Waals surface area contributed by atoms with Crippen LogP contribution in [0.1, 0.15) is 5.56 Å². The number of phenols is 2. The summed E-state index contributed by atoms with van der Waals surface area (Å²) in [7, 11) is 0. The molecule has 0 aromatic heterocycles. The number of hydrogen-bond acceptors (Lipinski definition) is 3. The molecule has 0 atom stereocenters. The van der Waals surface area contributed by atoms with Gasteiger partial charge in [-0.2, -0.15) is 0 Å². The first-order valence-electron chi connectivity index (χ1n) is 3.18. The Kier molecular flexibility index (Phi) is 2.11. The first-order chi connectivity index (χ1) is 5.24. The van der Waals surface area contributed by atoms with Gasteiger partial charge in [-0.25, -0.2) is 0 Å². The first-order valence-corrected chi connectivity index (χ1v) is 3.18. The van der Waals surface area contributed by atoms with E-state index in [1.807, 2.05) is 0 Å². The van der Waals surface area contributed by atoms with Crippen molar-refractivity contribution in [1.82, 2.24) is 0 Å². The summed E-state index contributed by atoms with van der Waals surface area (Å²) in [5.41, 5.74) is 0.526. The Bertz CT molecular complexity index is 268. The highest BCUT2D eigenvalue weighted by atomic mass is 16.3. The van der Waals surface area contributed by atoms with Gasteiger partial charge in [0.05, 0.1) is 0 Å². The molecular formula is C8H8O3. The van der Waals surface area contributed by atoms with Gasteiger partial charge < -0.3 is 15.0 Å². The summed E-state index contributed by atoms with van der Waals surface area (Å²) in [4.78, 5) is 10.0. The largest absolute Gasteiger partial charge is 0.508 e. The van der Waals surface area contributed by atoms with Crippen LogP contribution >= 0.6 is 0 Å².